The van der Waals surface area contributed by atoms with Crippen LogP contribution in [-0.2, 0) is 12.8 Å². The van der Waals surface area contributed by atoms with Crippen LogP contribution in [0.2, 0.25) is 0 Å². The van der Waals surface area contributed by atoms with Crippen LogP contribution in [0.25, 0.3) is 0 Å². The largest absolute Gasteiger partial charge is 0.178 e. The highest BCUT2D eigenvalue weighted by molar-refractivity contribution is 8.21. The van der Waals surface area contributed by atoms with Crippen molar-refractivity contribution >= 4 is 72.3 Å². The molecule has 0 nitrogen and oxygen atoms in total. The maximum absolute atomic E-state index is 4.42. The van der Waals surface area contributed by atoms with E-state index in [2.05, 4.69) is 96.6 Å². The Morgan fingerprint density at radius 2 is 1.18 bits per heavy atom. The minimum absolute atomic E-state index is 0.722. The fourth-order valence-corrected chi connectivity index (χ4v) is 10.2. The van der Waals surface area contributed by atoms with Gasteiger partial charge in [0.15, 0.2) is 0 Å². The molecule has 22 heavy (non-hydrogen) atoms. The van der Waals surface area contributed by atoms with E-state index in [-0.39, 0.29) is 0 Å². The Hall–Kier alpha value is 1.32. The number of thiol groups is 2. The Morgan fingerprint density at radius 1 is 0.773 bits per heavy atom. The highest BCUT2D eigenvalue weighted by atomic mass is 32.2. The second-order valence-corrected chi connectivity index (χ2v) is 12.4. The standard InChI is InChI=1S/C16H22S6/c17-7-13-9-19-15(21-13)5-11-1-2-12(4-3-11)6-16-20-10-14(8-18)22-16/h1-4,13-18H,5-10H2. The molecule has 2 heterocycles. The highest BCUT2D eigenvalue weighted by Crippen LogP contribution is 2.41. The van der Waals surface area contributed by atoms with E-state index in [1.165, 1.54) is 35.5 Å². The van der Waals surface area contributed by atoms with Crippen molar-refractivity contribution in [3.8, 4) is 0 Å². The summed E-state index contributed by atoms with van der Waals surface area (Å²) in [5.41, 5.74) is 2.96. The summed E-state index contributed by atoms with van der Waals surface area (Å²) in [7, 11) is 0. The van der Waals surface area contributed by atoms with Crippen molar-refractivity contribution < 1.29 is 0 Å². The predicted octanol–water partition coefficient (Wildman–Crippen LogP) is 4.98. The van der Waals surface area contributed by atoms with Gasteiger partial charge in [0.25, 0.3) is 0 Å². The molecule has 2 aliphatic rings. The van der Waals surface area contributed by atoms with Crippen LogP contribution >= 0.6 is 72.3 Å². The molecule has 1 aromatic carbocycles. The molecule has 0 bridgehead atoms. The van der Waals surface area contributed by atoms with Crippen LogP contribution in [0, 0.1) is 0 Å². The summed E-state index contributed by atoms with van der Waals surface area (Å²) < 4.78 is 1.44. The van der Waals surface area contributed by atoms with Crippen LogP contribution in [0.5, 0.6) is 0 Å². The van der Waals surface area contributed by atoms with E-state index in [1.807, 2.05) is 0 Å². The van der Waals surface area contributed by atoms with Crippen molar-refractivity contribution in [1.82, 2.24) is 0 Å². The lowest BCUT2D eigenvalue weighted by atomic mass is 10.1. The SMILES string of the molecule is SCC1CSC(Cc2ccc(CC3SCC(CS)S3)cc2)S1. The zero-order valence-electron chi connectivity index (χ0n) is 12.4. The third kappa shape index (κ3) is 5.16. The lowest BCUT2D eigenvalue weighted by Crippen LogP contribution is -2.04. The summed E-state index contributed by atoms with van der Waals surface area (Å²) in [5, 5.41) is 1.49. The Kier molecular flexibility index (Phi) is 7.53. The van der Waals surface area contributed by atoms with Gasteiger partial charge in [0.2, 0.25) is 0 Å². The van der Waals surface area contributed by atoms with Crippen LogP contribution in [0.1, 0.15) is 11.1 Å². The molecule has 2 fully saturated rings. The molecule has 0 N–H and O–H groups in total. The number of rotatable bonds is 6. The summed E-state index contributed by atoms with van der Waals surface area (Å²) >= 11 is 17.3. The Labute approximate surface area is 162 Å². The summed E-state index contributed by atoms with van der Waals surface area (Å²) in [6.45, 7) is 0. The minimum atomic E-state index is 0.722. The molecule has 122 valence electrons. The molecule has 6 heteroatoms. The molecule has 0 spiro atoms. The van der Waals surface area contributed by atoms with Crippen LogP contribution in [0.15, 0.2) is 24.3 Å². The second-order valence-electron chi connectivity index (χ2n) is 5.63. The van der Waals surface area contributed by atoms with Crippen molar-refractivity contribution in [2.75, 3.05) is 23.0 Å². The van der Waals surface area contributed by atoms with Gasteiger partial charge in [-0.05, 0) is 24.0 Å². The fraction of sp³-hybridized carbons (Fsp3) is 0.625. The maximum atomic E-state index is 4.42. The summed E-state index contributed by atoms with van der Waals surface area (Å²) in [6.07, 6.45) is 2.38. The van der Waals surface area contributed by atoms with Crippen molar-refractivity contribution in [2.45, 2.75) is 32.5 Å². The monoisotopic (exact) mass is 406 g/mol. The van der Waals surface area contributed by atoms with Crippen LogP contribution < -0.4 is 0 Å². The molecule has 1 aromatic rings. The van der Waals surface area contributed by atoms with E-state index in [1.54, 1.807) is 0 Å². The smallest absolute Gasteiger partial charge is 0.0546 e. The van der Waals surface area contributed by atoms with Gasteiger partial charge in [-0.1, -0.05) is 24.3 Å². The maximum Gasteiger partial charge on any atom is 0.0546 e. The molecule has 2 aliphatic heterocycles. The molecule has 4 unspecified atom stereocenters. The topological polar surface area (TPSA) is 0 Å². The summed E-state index contributed by atoms with van der Waals surface area (Å²) in [4.78, 5) is 0. The number of hydrogen-bond donors (Lipinski definition) is 2. The summed E-state index contributed by atoms with van der Waals surface area (Å²) in [6, 6.07) is 9.35. The summed E-state index contributed by atoms with van der Waals surface area (Å²) in [5.74, 6) is 4.55. The molecular weight excluding hydrogens is 385 g/mol. The van der Waals surface area contributed by atoms with Crippen molar-refractivity contribution in [2.24, 2.45) is 0 Å². The van der Waals surface area contributed by atoms with Gasteiger partial charge in [-0.15, -0.1) is 47.0 Å². The first-order valence-corrected chi connectivity index (χ1v) is 12.9. The van der Waals surface area contributed by atoms with Crippen molar-refractivity contribution in [3.05, 3.63) is 35.4 Å². The van der Waals surface area contributed by atoms with Gasteiger partial charge in [0.1, 0.15) is 0 Å². The second kappa shape index (κ2) is 9.14. The van der Waals surface area contributed by atoms with Gasteiger partial charge in [0.05, 0.1) is 9.16 Å². The van der Waals surface area contributed by atoms with Gasteiger partial charge in [-0.25, -0.2) is 0 Å². The quantitative estimate of drug-likeness (QED) is 0.639. The van der Waals surface area contributed by atoms with Crippen LogP contribution in [0.4, 0.5) is 0 Å². The molecule has 4 atom stereocenters. The number of hydrogen-bond acceptors (Lipinski definition) is 6. The molecule has 0 amide bonds. The molecule has 0 saturated carbocycles. The van der Waals surface area contributed by atoms with Gasteiger partial charge in [-0.2, -0.15) is 25.3 Å². The first-order valence-electron chi connectivity index (χ1n) is 7.60. The number of benzene rings is 1. The van der Waals surface area contributed by atoms with Crippen molar-refractivity contribution in [3.63, 3.8) is 0 Å². The fourth-order valence-electron chi connectivity index (χ4n) is 2.62. The number of thioether (sulfide) groups is 4. The zero-order chi connectivity index (χ0) is 15.4. The lowest BCUT2D eigenvalue weighted by molar-refractivity contribution is 1.07. The Morgan fingerprint density at radius 3 is 1.50 bits per heavy atom. The molecule has 0 radical (unpaired) electrons. The van der Waals surface area contributed by atoms with Crippen molar-refractivity contribution in [1.29, 1.82) is 0 Å². The van der Waals surface area contributed by atoms with E-state index in [4.69, 9.17) is 0 Å². The minimum Gasteiger partial charge on any atom is -0.178 e. The average molecular weight is 407 g/mol. The Bertz CT molecular complexity index is 419. The highest BCUT2D eigenvalue weighted by Gasteiger charge is 2.26. The molecule has 0 aromatic heterocycles. The van der Waals surface area contributed by atoms with Gasteiger partial charge < -0.3 is 0 Å². The predicted molar refractivity (Wildman–Crippen MR) is 117 cm³/mol. The van der Waals surface area contributed by atoms with Gasteiger partial charge in [-0.3, -0.25) is 0 Å². The molecule has 2 saturated heterocycles. The van der Waals surface area contributed by atoms with E-state index < -0.39 is 0 Å². The first kappa shape index (κ1) is 18.1. The Balaban J connectivity index is 1.48. The average Bonchev–Trinajstić information content (AvgIpc) is 3.18. The molecular formula is C16H22S6. The molecule has 3 rings (SSSR count). The lowest BCUT2D eigenvalue weighted by Gasteiger charge is -2.12. The van der Waals surface area contributed by atoms with Gasteiger partial charge >= 0.3 is 0 Å². The molecule has 0 aliphatic carbocycles. The van der Waals surface area contributed by atoms with E-state index in [0.29, 0.717) is 0 Å². The first-order chi connectivity index (χ1) is 10.8. The normalized spacial score (nSPS) is 31.7. The van der Waals surface area contributed by atoms with E-state index in [9.17, 15) is 0 Å². The van der Waals surface area contributed by atoms with E-state index in [0.717, 1.165) is 31.2 Å². The third-order valence-electron chi connectivity index (χ3n) is 3.86. The third-order valence-corrected chi connectivity index (χ3v) is 11.8. The zero-order valence-corrected chi connectivity index (χ0v) is 17.4. The van der Waals surface area contributed by atoms with Crippen LogP contribution in [0.3, 0.4) is 0 Å². The van der Waals surface area contributed by atoms with Crippen LogP contribution in [-0.4, -0.2) is 42.7 Å². The van der Waals surface area contributed by atoms with E-state index >= 15 is 0 Å². The van der Waals surface area contributed by atoms with Gasteiger partial charge in [0, 0.05) is 33.5 Å².